The first-order valence-corrected chi connectivity index (χ1v) is 6.95. The fourth-order valence-corrected chi connectivity index (χ4v) is 2.80. The van der Waals surface area contributed by atoms with Crippen LogP contribution in [0.5, 0.6) is 5.75 Å². The third kappa shape index (κ3) is 3.48. The van der Waals surface area contributed by atoms with Crippen LogP contribution < -0.4 is 15.2 Å². The molecule has 0 aromatic heterocycles. The van der Waals surface area contributed by atoms with Crippen LogP contribution in [-0.4, -0.2) is 21.6 Å². The van der Waals surface area contributed by atoms with Gasteiger partial charge in [-0.2, -0.15) is 0 Å². The van der Waals surface area contributed by atoms with Gasteiger partial charge in [0.15, 0.2) is 0 Å². The summed E-state index contributed by atoms with van der Waals surface area (Å²) in [6.45, 7) is 5.34. The van der Waals surface area contributed by atoms with E-state index in [4.69, 9.17) is 10.5 Å². The molecule has 0 bridgehead atoms. The molecule has 0 spiro atoms. The maximum atomic E-state index is 12.0. The number of hydrogen-bond donors (Lipinski definition) is 2. The monoisotopic (exact) mass is 270 g/mol. The van der Waals surface area contributed by atoms with E-state index in [1.165, 1.54) is 25.3 Å². The van der Waals surface area contributed by atoms with Crippen LogP contribution >= 0.6 is 0 Å². The lowest BCUT2D eigenvalue weighted by molar-refractivity contribution is 0.416. The van der Waals surface area contributed by atoms with Gasteiger partial charge in [0.2, 0.25) is 10.0 Å². The topological polar surface area (TPSA) is 81.4 Å². The fraction of sp³-hybridized carbons (Fsp3) is 0.333. The van der Waals surface area contributed by atoms with Gasteiger partial charge in [0.1, 0.15) is 5.75 Å². The number of nitrogens with two attached hydrogens (primary N) is 1. The molecular formula is C12H18N2O3S. The average Bonchev–Trinajstić information content (AvgIpc) is 2.28. The van der Waals surface area contributed by atoms with Crippen molar-refractivity contribution in [2.24, 2.45) is 0 Å². The second-order valence-corrected chi connectivity index (χ2v) is 5.66. The molecule has 1 aromatic carbocycles. The number of sulfonamides is 1. The second kappa shape index (κ2) is 5.88. The Hall–Kier alpha value is -1.53. The lowest BCUT2D eigenvalue weighted by Crippen LogP contribution is -2.32. The summed E-state index contributed by atoms with van der Waals surface area (Å²) in [6, 6.07) is 4.15. The van der Waals surface area contributed by atoms with Crippen molar-refractivity contribution in [3.8, 4) is 5.75 Å². The van der Waals surface area contributed by atoms with Crippen molar-refractivity contribution in [1.29, 1.82) is 0 Å². The van der Waals surface area contributed by atoms with E-state index in [0.29, 0.717) is 12.2 Å². The predicted octanol–water partition coefficient (Wildman–Crippen LogP) is 1.52. The highest BCUT2D eigenvalue weighted by atomic mass is 32.2. The molecule has 0 saturated carbocycles. The van der Waals surface area contributed by atoms with Crippen molar-refractivity contribution in [2.75, 3.05) is 12.8 Å². The normalized spacial score (nSPS) is 13.0. The lowest BCUT2D eigenvalue weighted by Gasteiger charge is -2.13. The molecule has 0 aliphatic carbocycles. The van der Waals surface area contributed by atoms with Gasteiger partial charge in [-0.3, -0.25) is 0 Å². The number of nitrogens with one attached hydrogen (secondary N) is 1. The fourth-order valence-electron chi connectivity index (χ4n) is 1.51. The summed E-state index contributed by atoms with van der Waals surface area (Å²) in [5.74, 6) is 0.452. The summed E-state index contributed by atoms with van der Waals surface area (Å²) in [6.07, 6.45) is 2.22. The van der Waals surface area contributed by atoms with Gasteiger partial charge in [0.25, 0.3) is 0 Å². The number of anilines is 1. The van der Waals surface area contributed by atoms with Gasteiger partial charge < -0.3 is 10.5 Å². The van der Waals surface area contributed by atoms with Gasteiger partial charge in [0.05, 0.1) is 17.7 Å². The molecular weight excluding hydrogens is 252 g/mol. The molecule has 1 atom stereocenters. The average molecular weight is 270 g/mol. The van der Waals surface area contributed by atoms with E-state index in [1.54, 1.807) is 13.0 Å². The molecule has 0 aliphatic rings. The summed E-state index contributed by atoms with van der Waals surface area (Å²) in [5, 5.41) is 0. The Kier molecular flexibility index (Phi) is 4.75. The highest BCUT2D eigenvalue weighted by molar-refractivity contribution is 7.89. The van der Waals surface area contributed by atoms with Crippen molar-refractivity contribution in [3.63, 3.8) is 0 Å². The smallest absolute Gasteiger partial charge is 0.240 e. The standard InChI is InChI=1S/C12H18N2O3S/c1-4-5-9(2)14-18(15,16)10-6-7-12(17-3)11(13)8-10/h4,6-9,14H,1,5,13H2,2-3H3. The molecule has 1 unspecified atom stereocenters. The zero-order valence-electron chi connectivity index (χ0n) is 10.5. The first-order valence-electron chi connectivity index (χ1n) is 5.47. The number of hydrogen-bond acceptors (Lipinski definition) is 4. The summed E-state index contributed by atoms with van der Waals surface area (Å²) >= 11 is 0. The Morgan fingerprint density at radius 3 is 2.72 bits per heavy atom. The van der Waals surface area contributed by atoms with Crippen molar-refractivity contribution in [1.82, 2.24) is 4.72 Å². The molecule has 0 fully saturated rings. The van der Waals surface area contributed by atoms with E-state index in [-0.39, 0.29) is 16.6 Å². The number of rotatable bonds is 6. The molecule has 0 radical (unpaired) electrons. The Balaban J connectivity index is 2.98. The third-order valence-electron chi connectivity index (χ3n) is 2.39. The molecule has 0 amide bonds. The SMILES string of the molecule is C=CCC(C)NS(=O)(=O)c1ccc(OC)c(N)c1. The highest BCUT2D eigenvalue weighted by Crippen LogP contribution is 2.24. The van der Waals surface area contributed by atoms with Crippen LogP contribution in [0.25, 0.3) is 0 Å². The maximum Gasteiger partial charge on any atom is 0.240 e. The number of methoxy groups -OCH3 is 1. The Bertz CT molecular complexity index is 526. The van der Waals surface area contributed by atoms with Crippen LogP contribution in [0.2, 0.25) is 0 Å². The predicted molar refractivity (Wildman–Crippen MR) is 72.0 cm³/mol. The van der Waals surface area contributed by atoms with E-state index in [9.17, 15) is 8.42 Å². The number of nitrogen functional groups attached to an aromatic ring is 1. The van der Waals surface area contributed by atoms with Gasteiger partial charge in [-0.05, 0) is 31.5 Å². The largest absolute Gasteiger partial charge is 0.495 e. The molecule has 0 heterocycles. The summed E-state index contributed by atoms with van der Waals surface area (Å²) in [7, 11) is -2.09. The van der Waals surface area contributed by atoms with Crippen molar-refractivity contribution < 1.29 is 13.2 Å². The van der Waals surface area contributed by atoms with E-state index in [1.807, 2.05) is 0 Å². The molecule has 0 saturated heterocycles. The van der Waals surface area contributed by atoms with Crippen LogP contribution in [0, 0.1) is 0 Å². The minimum atomic E-state index is -3.56. The van der Waals surface area contributed by atoms with Gasteiger partial charge in [-0.15, -0.1) is 6.58 Å². The van der Waals surface area contributed by atoms with E-state index in [2.05, 4.69) is 11.3 Å². The quantitative estimate of drug-likeness (QED) is 0.606. The maximum absolute atomic E-state index is 12.0. The third-order valence-corrected chi connectivity index (χ3v) is 3.98. The molecule has 3 N–H and O–H groups in total. The molecule has 0 aliphatic heterocycles. The molecule has 1 aromatic rings. The van der Waals surface area contributed by atoms with Crippen LogP contribution in [0.15, 0.2) is 35.7 Å². The minimum Gasteiger partial charge on any atom is -0.495 e. The Labute approximate surface area is 108 Å². The van der Waals surface area contributed by atoms with Crippen molar-refractivity contribution in [3.05, 3.63) is 30.9 Å². The van der Waals surface area contributed by atoms with Gasteiger partial charge in [-0.25, -0.2) is 13.1 Å². The Morgan fingerprint density at radius 1 is 1.56 bits per heavy atom. The summed E-state index contributed by atoms with van der Waals surface area (Å²) < 4.78 is 31.6. The highest BCUT2D eigenvalue weighted by Gasteiger charge is 2.17. The van der Waals surface area contributed by atoms with Crippen molar-refractivity contribution >= 4 is 15.7 Å². The number of benzene rings is 1. The van der Waals surface area contributed by atoms with Gasteiger partial charge >= 0.3 is 0 Å². The summed E-state index contributed by atoms with van der Waals surface area (Å²) in [4.78, 5) is 0.122. The molecule has 5 nitrogen and oxygen atoms in total. The van der Waals surface area contributed by atoms with E-state index < -0.39 is 10.0 Å². The summed E-state index contributed by atoms with van der Waals surface area (Å²) in [5.41, 5.74) is 5.97. The molecule has 18 heavy (non-hydrogen) atoms. The van der Waals surface area contributed by atoms with E-state index in [0.717, 1.165) is 0 Å². The van der Waals surface area contributed by atoms with E-state index >= 15 is 0 Å². The first kappa shape index (κ1) is 14.5. The van der Waals surface area contributed by atoms with Gasteiger partial charge in [0, 0.05) is 6.04 Å². The molecule has 6 heteroatoms. The van der Waals surface area contributed by atoms with Crippen LogP contribution in [0.1, 0.15) is 13.3 Å². The Morgan fingerprint density at radius 2 is 2.22 bits per heavy atom. The van der Waals surface area contributed by atoms with Crippen molar-refractivity contribution in [2.45, 2.75) is 24.3 Å². The van der Waals surface area contributed by atoms with Crippen LogP contribution in [-0.2, 0) is 10.0 Å². The zero-order valence-corrected chi connectivity index (χ0v) is 11.3. The minimum absolute atomic E-state index is 0.122. The lowest BCUT2D eigenvalue weighted by atomic mass is 10.3. The van der Waals surface area contributed by atoms with Crippen LogP contribution in [0.4, 0.5) is 5.69 Å². The number of ether oxygens (including phenoxy) is 1. The van der Waals surface area contributed by atoms with Gasteiger partial charge in [-0.1, -0.05) is 6.08 Å². The molecule has 1 rings (SSSR count). The first-order chi connectivity index (χ1) is 8.40. The zero-order chi connectivity index (χ0) is 13.8. The molecule has 100 valence electrons. The van der Waals surface area contributed by atoms with Crippen LogP contribution in [0.3, 0.4) is 0 Å². The second-order valence-electron chi connectivity index (χ2n) is 3.95.